The van der Waals surface area contributed by atoms with Crippen molar-refractivity contribution in [3.63, 3.8) is 0 Å². The minimum absolute atomic E-state index is 0.402. The van der Waals surface area contributed by atoms with E-state index in [4.69, 9.17) is 18.9 Å². The Labute approximate surface area is 187 Å². The molecule has 1 heterocycles. The zero-order valence-corrected chi connectivity index (χ0v) is 19.9. The molecule has 0 aliphatic heterocycles. The number of esters is 1. The lowest BCUT2D eigenvalue weighted by molar-refractivity contribution is 0.0536. The lowest BCUT2D eigenvalue weighted by atomic mass is 10.2. The van der Waals surface area contributed by atoms with Gasteiger partial charge in [0.25, 0.3) is 0 Å². The predicted octanol–water partition coefficient (Wildman–Crippen LogP) is 4.35. The summed E-state index contributed by atoms with van der Waals surface area (Å²) < 4.78 is 23.2. The smallest absolute Gasteiger partial charge is 0.408 e. The molecular formula is C22H32N2O6S. The molecule has 1 aromatic carbocycles. The molecule has 9 heteroatoms. The first-order valence-corrected chi connectivity index (χ1v) is 11.3. The van der Waals surface area contributed by atoms with Gasteiger partial charge in [0.05, 0.1) is 32.2 Å². The molecule has 0 spiro atoms. The molecule has 0 aliphatic carbocycles. The molecule has 0 radical (unpaired) electrons. The first-order valence-electron chi connectivity index (χ1n) is 10.1. The van der Waals surface area contributed by atoms with Crippen LogP contribution in [0.4, 0.5) is 4.79 Å². The normalized spacial score (nSPS) is 11.3. The number of carbonyl (C=O) groups is 2. The number of methoxy groups -OCH3 is 2. The van der Waals surface area contributed by atoms with Gasteiger partial charge in [0.2, 0.25) is 0 Å². The fourth-order valence-electron chi connectivity index (χ4n) is 2.98. The van der Waals surface area contributed by atoms with E-state index >= 15 is 0 Å². The highest BCUT2D eigenvalue weighted by molar-refractivity contribution is 7.99. The summed E-state index contributed by atoms with van der Waals surface area (Å²) >= 11 is 1.63. The van der Waals surface area contributed by atoms with Gasteiger partial charge in [-0.3, -0.25) is 0 Å². The third-order valence-corrected chi connectivity index (χ3v) is 5.32. The van der Waals surface area contributed by atoms with E-state index in [0.717, 1.165) is 29.5 Å². The van der Waals surface area contributed by atoms with Crippen LogP contribution < -0.4 is 14.8 Å². The molecule has 1 N–H and O–H groups in total. The minimum Gasteiger partial charge on any atom is -0.495 e. The Balaban J connectivity index is 1.83. The van der Waals surface area contributed by atoms with Gasteiger partial charge in [0, 0.05) is 12.4 Å². The monoisotopic (exact) mass is 452 g/mol. The number of hydrogen-bond acceptors (Lipinski definition) is 7. The number of hydrogen-bond donors (Lipinski definition) is 1. The molecule has 0 saturated carbocycles. The van der Waals surface area contributed by atoms with Crippen LogP contribution in [0.1, 0.15) is 44.1 Å². The number of rotatable bonds is 10. The van der Waals surface area contributed by atoms with Crippen molar-refractivity contribution < 1.29 is 28.5 Å². The maximum atomic E-state index is 12.0. The molecule has 0 bridgehead atoms. The molecule has 0 atom stereocenters. The molecule has 172 valence electrons. The summed E-state index contributed by atoms with van der Waals surface area (Å²) in [6.07, 6.45) is 1.41. The Morgan fingerprint density at radius 3 is 2.48 bits per heavy atom. The Morgan fingerprint density at radius 2 is 1.84 bits per heavy atom. The highest BCUT2D eigenvalue weighted by Gasteiger charge is 2.19. The van der Waals surface area contributed by atoms with Crippen LogP contribution in [0.5, 0.6) is 11.5 Å². The number of alkyl carbamates (subject to hydrolysis) is 1. The van der Waals surface area contributed by atoms with Crippen molar-refractivity contribution in [2.75, 3.05) is 32.5 Å². The highest BCUT2D eigenvalue weighted by Crippen LogP contribution is 2.35. The molecule has 2 rings (SSSR count). The number of ether oxygens (including phenoxy) is 4. The summed E-state index contributed by atoms with van der Waals surface area (Å²) in [6.45, 7) is 6.05. The topological polar surface area (TPSA) is 88.0 Å². The Bertz CT molecular complexity index is 904. The van der Waals surface area contributed by atoms with E-state index in [9.17, 15) is 9.59 Å². The number of carbonyl (C=O) groups excluding carboxylic acids is 2. The van der Waals surface area contributed by atoms with Crippen molar-refractivity contribution in [1.29, 1.82) is 0 Å². The van der Waals surface area contributed by atoms with Gasteiger partial charge in [-0.15, -0.1) is 11.8 Å². The van der Waals surface area contributed by atoms with Gasteiger partial charge >= 0.3 is 12.1 Å². The fraction of sp³-hybridized carbons (Fsp3) is 0.545. The van der Waals surface area contributed by atoms with Gasteiger partial charge < -0.3 is 28.8 Å². The second-order valence-corrected chi connectivity index (χ2v) is 9.00. The Hall–Kier alpha value is -2.55. The molecule has 1 aromatic heterocycles. The van der Waals surface area contributed by atoms with Crippen LogP contribution in [0.25, 0.3) is 10.9 Å². The van der Waals surface area contributed by atoms with E-state index < -0.39 is 17.7 Å². The van der Waals surface area contributed by atoms with Crippen molar-refractivity contribution in [2.24, 2.45) is 7.05 Å². The van der Waals surface area contributed by atoms with E-state index in [-0.39, 0.29) is 0 Å². The summed E-state index contributed by atoms with van der Waals surface area (Å²) in [6, 6.07) is 5.44. The standard InChI is InChI=1S/C22H32N2O6S/c1-22(2,3)30-21(26)23-14-31-12-8-7-11-29-17-9-10-18(27-5)19-15(17)13-16(24(19)4)20(25)28-6/h9-10,13H,7-8,11-12,14H2,1-6H3,(H,23,26). The number of unbranched alkanes of at least 4 members (excludes halogenated alkanes) is 1. The average Bonchev–Trinajstić information content (AvgIpc) is 3.06. The molecule has 0 fully saturated rings. The molecule has 0 aliphatic rings. The van der Waals surface area contributed by atoms with Gasteiger partial charge in [0.15, 0.2) is 0 Å². The molecule has 1 amide bonds. The molecule has 0 unspecified atom stereocenters. The van der Waals surface area contributed by atoms with Crippen LogP contribution in [0.15, 0.2) is 18.2 Å². The number of nitrogens with one attached hydrogen (secondary N) is 1. The van der Waals surface area contributed by atoms with Crippen LogP contribution in [-0.4, -0.2) is 54.7 Å². The number of nitrogens with zero attached hydrogens (tertiary/aromatic N) is 1. The van der Waals surface area contributed by atoms with E-state index in [0.29, 0.717) is 29.7 Å². The van der Waals surface area contributed by atoms with E-state index in [1.807, 2.05) is 32.9 Å². The molecule has 8 nitrogen and oxygen atoms in total. The first-order chi connectivity index (χ1) is 14.7. The van der Waals surface area contributed by atoms with Gasteiger partial charge in [0.1, 0.15) is 22.8 Å². The highest BCUT2D eigenvalue weighted by atomic mass is 32.2. The summed E-state index contributed by atoms with van der Waals surface area (Å²) in [5.74, 6) is 2.35. The largest absolute Gasteiger partial charge is 0.495 e. The molecule has 2 aromatic rings. The predicted molar refractivity (Wildman–Crippen MR) is 122 cm³/mol. The van der Waals surface area contributed by atoms with E-state index in [1.54, 1.807) is 36.6 Å². The zero-order valence-electron chi connectivity index (χ0n) is 19.1. The van der Waals surface area contributed by atoms with Crippen molar-refractivity contribution in [2.45, 2.75) is 39.2 Å². The van der Waals surface area contributed by atoms with Gasteiger partial charge in [-0.05, 0) is 57.6 Å². The minimum atomic E-state index is -0.491. The Morgan fingerprint density at radius 1 is 1.13 bits per heavy atom. The van der Waals surface area contributed by atoms with Gasteiger partial charge in [-0.25, -0.2) is 9.59 Å². The van der Waals surface area contributed by atoms with Crippen molar-refractivity contribution in [1.82, 2.24) is 9.88 Å². The van der Waals surface area contributed by atoms with Gasteiger partial charge in [-0.1, -0.05) is 0 Å². The summed E-state index contributed by atoms with van der Waals surface area (Å²) in [4.78, 5) is 23.6. The number of fused-ring (bicyclic) bond motifs is 1. The molecular weight excluding hydrogens is 420 g/mol. The number of aryl methyl sites for hydroxylation is 1. The summed E-state index contributed by atoms with van der Waals surface area (Å²) in [5.41, 5.74) is 0.722. The van der Waals surface area contributed by atoms with E-state index in [2.05, 4.69) is 5.32 Å². The lowest BCUT2D eigenvalue weighted by Gasteiger charge is -2.19. The lowest BCUT2D eigenvalue weighted by Crippen LogP contribution is -2.32. The van der Waals surface area contributed by atoms with Crippen molar-refractivity contribution in [3.8, 4) is 11.5 Å². The number of benzene rings is 1. The maximum absolute atomic E-state index is 12.0. The maximum Gasteiger partial charge on any atom is 0.408 e. The fourth-order valence-corrected chi connectivity index (χ4v) is 3.76. The van der Waals surface area contributed by atoms with Crippen LogP contribution in [0.2, 0.25) is 0 Å². The van der Waals surface area contributed by atoms with E-state index in [1.165, 1.54) is 7.11 Å². The summed E-state index contributed by atoms with van der Waals surface area (Å²) in [5, 5.41) is 3.53. The molecule has 0 saturated heterocycles. The number of aromatic nitrogens is 1. The van der Waals surface area contributed by atoms with Crippen LogP contribution in [0, 0.1) is 0 Å². The number of thioether (sulfide) groups is 1. The van der Waals surface area contributed by atoms with Crippen LogP contribution >= 0.6 is 11.8 Å². The van der Waals surface area contributed by atoms with Crippen LogP contribution in [-0.2, 0) is 16.5 Å². The van der Waals surface area contributed by atoms with Crippen molar-refractivity contribution in [3.05, 3.63) is 23.9 Å². The summed E-state index contributed by atoms with van der Waals surface area (Å²) in [7, 11) is 4.74. The SMILES string of the molecule is COC(=O)c1cc2c(OCCCCSCNC(=O)OC(C)(C)C)ccc(OC)c2n1C. The second kappa shape index (κ2) is 11.2. The second-order valence-electron chi connectivity index (χ2n) is 7.90. The molecule has 31 heavy (non-hydrogen) atoms. The zero-order chi connectivity index (χ0) is 23.0. The Kier molecular flexibility index (Phi) is 8.91. The third-order valence-electron chi connectivity index (χ3n) is 4.39. The van der Waals surface area contributed by atoms with Gasteiger partial charge in [-0.2, -0.15) is 0 Å². The number of amides is 1. The van der Waals surface area contributed by atoms with Crippen LogP contribution in [0.3, 0.4) is 0 Å². The van der Waals surface area contributed by atoms with Crippen molar-refractivity contribution >= 4 is 34.7 Å². The average molecular weight is 453 g/mol. The third kappa shape index (κ3) is 6.99. The first kappa shape index (κ1) is 24.7. The quantitative estimate of drug-likeness (QED) is 0.326.